The molecule has 18 heavy (non-hydrogen) atoms. The highest BCUT2D eigenvalue weighted by Gasteiger charge is 2.14. The fourth-order valence-corrected chi connectivity index (χ4v) is 1.76. The largest absolute Gasteiger partial charge is 0.294 e. The molecule has 0 radical (unpaired) electrons. The third kappa shape index (κ3) is 2.33. The molecule has 0 N–H and O–H groups in total. The highest BCUT2D eigenvalue weighted by molar-refractivity contribution is 6.30. The first-order chi connectivity index (χ1) is 8.49. The monoisotopic (exact) mass is 262 g/mol. The maximum Gasteiger partial charge on any atom is 0.278 e. The van der Waals surface area contributed by atoms with E-state index in [0.717, 1.165) is 0 Å². The molecule has 2 rings (SSSR count). The normalized spacial score (nSPS) is 10.4. The number of halogens is 1. The Bertz CT molecular complexity index is 614. The Morgan fingerprint density at radius 1 is 1.22 bits per heavy atom. The summed E-state index contributed by atoms with van der Waals surface area (Å²) >= 11 is 5.75. The Morgan fingerprint density at radius 2 is 1.83 bits per heavy atom. The molecule has 1 aromatic heterocycles. The molecule has 5 heteroatoms. The second-order valence-electron chi connectivity index (χ2n) is 3.94. The number of benzene rings is 1. The molecule has 0 bridgehead atoms. The van der Waals surface area contributed by atoms with Gasteiger partial charge in [0.05, 0.1) is 11.3 Å². The lowest BCUT2D eigenvalue weighted by Gasteiger charge is -2.00. The molecule has 0 fully saturated rings. The van der Waals surface area contributed by atoms with E-state index in [2.05, 4.69) is 5.10 Å². The number of nitrogens with zero attached hydrogens (tertiary/aromatic N) is 2. The summed E-state index contributed by atoms with van der Waals surface area (Å²) in [5.74, 6) is -0.398. The molecule has 0 saturated carbocycles. The maximum absolute atomic E-state index is 12.1. The Morgan fingerprint density at radius 3 is 2.33 bits per heavy atom. The Kier molecular flexibility index (Phi) is 3.30. The van der Waals surface area contributed by atoms with Gasteiger partial charge < -0.3 is 0 Å². The van der Waals surface area contributed by atoms with Gasteiger partial charge in [-0.2, -0.15) is 5.10 Å². The van der Waals surface area contributed by atoms with Gasteiger partial charge in [-0.3, -0.25) is 9.59 Å². The first-order valence-electron chi connectivity index (χ1n) is 5.36. The zero-order chi connectivity index (χ0) is 13.3. The lowest BCUT2D eigenvalue weighted by molar-refractivity contribution is 0.0944. The van der Waals surface area contributed by atoms with Crippen LogP contribution in [0, 0.1) is 6.92 Å². The fourth-order valence-electron chi connectivity index (χ4n) is 1.63. The van der Waals surface area contributed by atoms with Gasteiger partial charge in [0.15, 0.2) is 5.78 Å². The van der Waals surface area contributed by atoms with Gasteiger partial charge in [0, 0.05) is 16.8 Å². The molecule has 92 valence electrons. The summed E-state index contributed by atoms with van der Waals surface area (Å²) in [6, 6.07) is 6.51. The SMILES string of the molecule is CC(=O)c1cn(C(=O)c2ccc(Cl)cc2)nc1C. The van der Waals surface area contributed by atoms with E-state index in [-0.39, 0.29) is 11.7 Å². The van der Waals surface area contributed by atoms with Gasteiger partial charge in [-0.15, -0.1) is 0 Å². The van der Waals surface area contributed by atoms with E-state index >= 15 is 0 Å². The molecule has 0 amide bonds. The summed E-state index contributed by atoms with van der Waals surface area (Å²) in [7, 11) is 0. The van der Waals surface area contributed by atoms with Crippen LogP contribution in [-0.4, -0.2) is 21.5 Å². The Balaban J connectivity index is 2.37. The first kappa shape index (κ1) is 12.5. The number of hydrogen-bond acceptors (Lipinski definition) is 3. The molecule has 0 unspecified atom stereocenters. The minimum atomic E-state index is -0.290. The van der Waals surface area contributed by atoms with Crippen molar-refractivity contribution in [3.8, 4) is 0 Å². The second kappa shape index (κ2) is 4.74. The molecular formula is C13H11ClN2O2. The van der Waals surface area contributed by atoms with E-state index in [1.54, 1.807) is 31.2 Å². The van der Waals surface area contributed by atoms with Crippen LogP contribution in [0.1, 0.15) is 33.3 Å². The van der Waals surface area contributed by atoms with E-state index in [4.69, 9.17) is 11.6 Å². The number of carbonyl (C=O) groups excluding carboxylic acids is 2. The molecule has 0 aliphatic rings. The quantitative estimate of drug-likeness (QED) is 0.782. The predicted octanol–water partition coefficient (Wildman–Crippen LogP) is 2.74. The molecule has 0 saturated heterocycles. The third-order valence-corrected chi connectivity index (χ3v) is 2.83. The molecule has 4 nitrogen and oxygen atoms in total. The average Bonchev–Trinajstić information content (AvgIpc) is 2.71. The molecule has 0 aliphatic heterocycles. The van der Waals surface area contributed by atoms with Crippen LogP contribution < -0.4 is 0 Å². The molecule has 0 atom stereocenters. The van der Waals surface area contributed by atoms with Crippen molar-refractivity contribution < 1.29 is 9.59 Å². The Labute approximate surface area is 109 Å². The van der Waals surface area contributed by atoms with Crippen LogP contribution in [0.2, 0.25) is 5.02 Å². The Hall–Kier alpha value is -1.94. The number of Topliss-reactive ketones (excluding diaryl/α,β-unsaturated/α-hetero) is 1. The molecule has 2 aromatic rings. The average molecular weight is 263 g/mol. The lowest BCUT2D eigenvalue weighted by Crippen LogP contribution is -2.12. The smallest absolute Gasteiger partial charge is 0.278 e. The topological polar surface area (TPSA) is 52.0 Å². The number of hydrogen-bond donors (Lipinski definition) is 0. The minimum absolute atomic E-state index is 0.109. The van der Waals surface area contributed by atoms with Gasteiger partial charge in [-0.1, -0.05) is 11.6 Å². The van der Waals surface area contributed by atoms with Crippen molar-refractivity contribution >= 4 is 23.3 Å². The summed E-state index contributed by atoms with van der Waals surface area (Å²) in [4.78, 5) is 23.4. The highest BCUT2D eigenvalue weighted by Crippen LogP contribution is 2.12. The first-order valence-corrected chi connectivity index (χ1v) is 5.74. The van der Waals surface area contributed by atoms with Gasteiger partial charge in [0.1, 0.15) is 0 Å². The van der Waals surface area contributed by atoms with Crippen LogP contribution in [0.4, 0.5) is 0 Å². The molecule has 1 aromatic carbocycles. The van der Waals surface area contributed by atoms with Gasteiger partial charge in [0.2, 0.25) is 0 Å². The highest BCUT2D eigenvalue weighted by atomic mass is 35.5. The number of rotatable bonds is 2. The zero-order valence-electron chi connectivity index (χ0n) is 9.98. The van der Waals surface area contributed by atoms with E-state index in [1.807, 2.05) is 0 Å². The van der Waals surface area contributed by atoms with E-state index in [9.17, 15) is 9.59 Å². The molecule has 1 heterocycles. The fraction of sp³-hybridized carbons (Fsp3) is 0.154. The van der Waals surface area contributed by atoms with E-state index < -0.39 is 0 Å². The number of aromatic nitrogens is 2. The summed E-state index contributed by atoms with van der Waals surface area (Å²) in [5, 5.41) is 4.61. The van der Waals surface area contributed by atoms with Crippen molar-refractivity contribution in [3.63, 3.8) is 0 Å². The van der Waals surface area contributed by atoms with Crippen molar-refractivity contribution in [1.29, 1.82) is 0 Å². The van der Waals surface area contributed by atoms with Crippen molar-refractivity contribution in [2.75, 3.05) is 0 Å². The molecule has 0 spiro atoms. The summed E-state index contributed by atoms with van der Waals surface area (Å²) in [6.07, 6.45) is 1.45. The predicted molar refractivity (Wildman–Crippen MR) is 68.1 cm³/mol. The van der Waals surface area contributed by atoms with E-state index in [0.29, 0.717) is 21.8 Å². The second-order valence-corrected chi connectivity index (χ2v) is 4.38. The minimum Gasteiger partial charge on any atom is -0.294 e. The number of aryl methyl sites for hydroxylation is 1. The van der Waals surface area contributed by atoms with Gasteiger partial charge >= 0.3 is 0 Å². The maximum atomic E-state index is 12.1. The van der Waals surface area contributed by atoms with Crippen molar-refractivity contribution in [1.82, 2.24) is 9.78 Å². The van der Waals surface area contributed by atoms with Crippen molar-refractivity contribution in [2.24, 2.45) is 0 Å². The van der Waals surface area contributed by atoms with Crippen LogP contribution in [0.3, 0.4) is 0 Å². The van der Waals surface area contributed by atoms with Gasteiger partial charge in [0.25, 0.3) is 5.91 Å². The summed E-state index contributed by atoms with van der Waals surface area (Å²) < 4.78 is 1.18. The third-order valence-electron chi connectivity index (χ3n) is 2.58. The van der Waals surface area contributed by atoms with Crippen LogP contribution in [0.5, 0.6) is 0 Å². The standard InChI is InChI=1S/C13H11ClN2O2/c1-8-12(9(2)17)7-16(15-8)13(18)10-3-5-11(14)6-4-10/h3-7H,1-2H3. The van der Waals surface area contributed by atoms with Crippen LogP contribution >= 0.6 is 11.6 Å². The van der Waals surface area contributed by atoms with Gasteiger partial charge in [-0.25, -0.2) is 4.68 Å². The molecular weight excluding hydrogens is 252 g/mol. The van der Waals surface area contributed by atoms with Crippen molar-refractivity contribution in [3.05, 3.63) is 52.3 Å². The zero-order valence-corrected chi connectivity index (χ0v) is 10.7. The van der Waals surface area contributed by atoms with Crippen molar-refractivity contribution in [2.45, 2.75) is 13.8 Å². The summed E-state index contributed by atoms with van der Waals surface area (Å²) in [6.45, 7) is 3.14. The lowest BCUT2D eigenvalue weighted by atomic mass is 10.2. The van der Waals surface area contributed by atoms with Crippen LogP contribution in [0.25, 0.3) is 0 Å². The van der Waals surface area contributed by atoms with Crippen LogP contribution in [0.15, 0.2) is 30.5 Å². The van der Waals surface area contributed by atoms with Crippen LogP contribution in [-0.2, 0) is 0 Å². The molecule has 0 aliphatic carbocycles. The summed E-state index contributed by atoms with van der Waals surface area (Å²) in [5.41, 5.74) is 1.47. The van der Waals surface area contributed by atoms with E-state index in [1.165, 1.54) is 17.8 Å². The number of ketones is 1. The number of carbonyl (C=O) groups is 2. The van der Waals surface area contributed by atoms with Gasteiger partial charge in [-0.05, 0) is 38.1 Å².